The summed E-state index contributed by atoms with van der Waals surface area (Å²) in [5, 5.41) is 12.9. The maximum atomic E-state index is 10.6. The van der Waals surface area contributed by atoms with Crippen molar-refractivity contribution in [2.75, 3.05) is 6.61 Å². The SMILES string of the molecule is C=CC(O)[C@@H]1OCC(C)(C)[C@H]1O[Si](c1ccccc1)(c1ccccc1)C(C)(C)C. The van der Waals surface area contributed by atoms with E-state index in [1.54, 1.807) is 6.08 Å². The second-order valence-electron chi connectivity index (χ2n) is 9.69. The Balaban J connectivity index is 2.21. The first-order valence-corrected chi connectivity index (χ1v) is 12.3. The summed E-state index contributed by atoms with van der Waals surface area (Å²) >= 11 is 0. The van der Waals surface area contributed by atoms with Crippen LogP contribution < -0.4 is 10.4 Å². The van der Waals surface area contributed by atoms with Crippen molar-refractivity contribution in [1.82, 2.24) is 0 Å². The van der Waals surface area contributed by atoms with E-state index in [0.717, 1.165) is 0 Å². The Morgan fingerprint density at radius 1 is 1.07 bits per heavy atom. The first-order valence-electron chi connectivity index (χ1n) is 10.3. The van der Waals surface area contributed by atoms with Crippen LogP contribution in [0.1, 0.15) is 34.6 Å². The fraction of sp³-hybridized carbons (Fsp3) is 0.440. The van der Waals surface area contributed by atoms with Gasteiger partial charge in [0.05, 0.1) is 12.7 Å². The van der Waals surface area contributed by atoms with Gasteiger partial charge in [0.2, 0.25) is 0 Å². The van der Waals surface area contributed by atoms with E-state index in [4.69, 9.17) is 9.16 Å². The molecule has 29 heavy (non-hydrogen) atoms. The fourth-order valence-electron chi connectivity index (χ4n) is 4.45. The first-order chi connectivity index (χ1) is 13.6. The molecular weight excluding hydrogens is 376 g/mol. The number of ether oxygens (including phenoxy) is 1. The smallest absolute Gasteiger partial charge is 0.261 e. The molecule has 156 valence electrons. The van der Waals surface area contributed by atoms with Crippen LogP contribution in [0.4, 0.5) is 0 Å². The summed E-state index contributed by atoms with van der Waals surface area (Å²) in [4.78, 5) is 0. The lowest BCUT2D eigenvalue weighted by molar-refractivity contribution is -0.0244. The van der Waals surface area contributed by atoms with Crippen LogP contribution in [0, 0.1) is 5.41 Å². The normalized spacial score (nSPS) is 23.0. The van der Waals surface area contributed by atoms with Crippen molar-refractivity contribution in [1.29, 1.82) is 0 Å². The van der Waals surface area contributed by atoms with Gasteiger partial charge in [-0.15, -0.1) is 6.58 Å². The lowest BCUT2D eigenvalue weighted by Crippen LogP contribution is -2.69. The van der Waals surface area contributed by atoms with Gasteiger partial charge in [0.15, 0.2) is 0 Å². The lowest BCUT2D eigenvalue weighted by atomic mass is 9.86. The highest BCUT2D eigenvalue weighted by atomic mass is 28.4. The molecule has 2 aromatic carbocycles. The molecule has 3 atom stereocenters. The highest BCUT2D eigenvalue weighted by Gasteiger charge is 2.56. The molecule has 1 N–H and O–H groups in total. The summed E-state index contributed by atoms with van der Waals surface area (Å²) in [5.74, 6) is 0. The monoisotopic (exact) mass is 410 g/mol. The predicted molar refractivity (Wildman–Crippen MR) is 122 cm³/mol. The zero-order valence-corrected chi connectivity index (χ0v) is 19.3. The van der Waals surface area contributed by atoms with Crippen molar-refractivity contribution in [3.8, 4) is 0 Å². The molecule has 0 radical (unpaired) electrons. The van der Waals surface area contributed by atoms with Crippen LogP contribution in [0.2, 0.25) is 5.04 Å². The highest BCUT2D eigenvalue weighted by Crippen LogP contribution is 2.43. The zero-order valence-electron chi connectivity index (χ0n) is 18.3. The van der Waals surface area contributed by atoms with Crippen molar-refractivity contribution >= 4 is 18.7 Å². The van der Waals surface area contributed by atoms with Gasteiger partial charge in [-0.25, -0.2) is 0 Å². The van der Waals surface area contributed by atoms with Crippen LogP contribution in [0.25, 0.3) is 0 Å². The Labute approximate surface area is 176 Å². The second-order valence-corrected chi connectivity index (χ2v) is 13.9. The summed E-state index contributed by atoms with van der Waals surface area (Å²) in [6, 6.07) is 21.2. The van der Waals surface area contributed by atoms with E-state index in [2.05, 4.69) is 89.7 Å². The third kappa shape index (κ3) is 3.99. The molecule has 0 aliphatic carbocycles. The van der Waals surface area contributed by atoms with Gasteiger partial charge in [-0.2, -0.15) is 0 Å². The molecule has 2 aromatic rings. The van der Waals surface area contributed by atoms with Crippen LogP contribution in [0.5, 0.6) is 0 Å². The maximum Gasteiger partial charge on any atom is 0.261 e. The van der Waals surface area contributed by atoms with Crippen LogP contribution >= 0.6 is 0 Å². The van der Waals surface area contributed by atoms with E-state index in [9.17, 15) is 5.11 Å². The largest absolute Gasteiger partial charge is 0.401 e. The molecule has 1 aliphatic rings. The summed E-state index contributed by atoms with van der Waals surface area (Å²) in [6.45, 7) is 15.4. The minimum atomic E-state index is -2.73. The molecule has 0 aromatic heterocycles. The van der Waals surface area contributed by atoms with Gasteiger partial charge in [-0.1, -0.05) is 101 Å². The van der Waals surface area contributed by atoms with Gasteiger partial charge in [-0.05, 0) is 15.4 Å². The molecule has 1 saturated heterocycles. The quantitative estimate of drug-likeness (QED) is 0.580. The minimum absolute atomic E-state index is 0.127. The molecule has 0 spiro atoms. The van der Waals surface area contributed by atoms with Gasteiger partial charge in [-0.3, -0.25) is 0 Å². The van der Waals surface area contributed by atoms with Crippen molar-refractivity contribution in [2.24, 2.45) is 5.41 Å². The number of hydrogen-bond acceptors (Lipinski definition) is 3. The lowest BCUT2D eigenvalue weighted by Gasteiger charge is -2.47. The molecule has 3 nitrogen and oxygen atoms in total. The molecule has 0 saturated carbocycles. The van der Waals surface area contributed by atoms with Gasteiger partial charge in [0.1, 0.15) is 12.2 Å². The van der Waals surface area contributed by atoms with Gasteiger partial charge in [0.25, 0.3) is 8.32 Å². The van der Waals surface area contributed by atoms with Crippen molar-refractivity contribution in [3.05, 3.63) is 73.3 Å². The molecule has 1 aliphatic heterocycles. The number of benzene rings is 2. The van der Waals surface area contributed by atoms with Gasteiger partial charge in [0, 0.05) is 5.41 Å². The topological polar surface area (TPSA) is 38.7 Å². The van der Waals surface area contributed by atoms with E-state index in [0.29, 0.717) is 6.61 Å². The zero-order chi connectivity index (χ0) is 21.3. The Morgan fingerprint density at radius 3 is 1.97 bits per heavy atom. The van der Waals surface area contributed by atoms with E-state index in [-0.39, 0.29) is 16.6 Å². The molecule has 3 rings (SSSR count). The van der Waals surface area contributed by atoms with E-state index in [1.807, 2.05) is 12.1 Å². The third-order valence-corrected chi connectivity index (χ3v) is 11.0. The van der Waals surface area contributed by atoms with Crippen molar-refractivity contribution in [3.63, 3.8) is 0 Å². The van der Waals surface area contributed by atoms with Crippen LogP contribution in [-0.4, -0.2) is 38.3 Å². The Morgan fingerprint density at radius 2 is 1.55 bits per heavy atom. The highest BCUT2D eigenvalue weighted by molar-refractivity contribution is 6.99. The predicted octanol–water partition coefficient (Wildman–Crippen LogP) is 3.90. The number of hydrogen-bond donors (Lipinski definition) is 1. The Kier molecular flexibility index (Phi) is 6.21. The standard InChI is InChI=1S/C25H34O3Si/c1-7-21(26)22-23(25(5,6)18-27-22)28-29(24(2,3)4,19-14-10-8-11-15-19)20-16-12-9-13-17-20/h7-17,21-23,26H,1,18H2,2-6H3/t21?,22-,23-/m0/s1. The summed E-state index contributed by atoms with van der Waals surface area (Å²) in [6.07, 6.45) is 0.110. The Bertz CT molecular complexity index is 771. The summed E-state index contributed by atoms with van der Waals surface area (Å²) < 4.78 is 13.3. The third-order valence-electron chi connectivity index (χ3n) is 6.02. The number of aliphatic hydroxyl groups excluding tert-OH is 1. The molecule has 0 bridgehead atoms. The van der Waals surface area contributed by atoms with Crippen LogP contribution in [0.15, 0.2) is 73.3 Å². The molecule has 1 heterocycles. The first kappa shape index (κ1) is 22.0. The minimum Gasteiger partial charge on any atom is -0.401 e. The molecule has 4 heteroatoms. The number of rotatable bonds is 6. The van der Waals surface area contributed by atoms with E-state index >= 15 is 0 Å². The van der Waals surface area contributed by atoms with E-state index in [1.165, 1.54) is 10.4 Å². The summed E-state index contributed by atoms with van der Waals surface area (Å²) in [5.41, 5.74) is -0.221. The fourth-order valence-corrected chi connectivity index (χ4v) is 9.29. The van der Waals surface area contributed by atoms with Gasteiger partial charge >= 0.3 is 0 Å². The second kappa shape index (κ2) is 8.19. The van der Waals surface area contributed by atoms with Crippen molar-refractivity contribution in [2.45, 2.75) is 58.0 Å². The Hall–Kier alpha value is -1.72. The van der Waals surface area contributed by atoms with Crippen LogP contribution in [-0.2, 0) is 9.16 Å². The maximum absolute atomic E-state index is 10.6. The molecular formula is C25H34O3Si. The molecule has 1 unspecified atom stereocenters. The average Bonchev–Trinajstić information content (AvgIpc) is 2.99. The van der Waals surface area contributed by atoms with Crippen molar-refractivity contribution < 1.29 is 14.3 Å². The number of aliphatic hydroxyl groups is 1. The average molecular weight is 411 g/mol. The van der Waals surface area contributed by atoms with Crippen LogP contribution in [0.3, 0.4) is 0 Å². The van der Waals surface area contributed by atoms with Gasteiger partial charge < -0.3 is 14.3 Å². The summed E-state index contributed by atoms with van der Waals surface area (Å²) in [7, 11) is -2.73. The van der Waals surface area contributed by atoms with E-state index < -0.39 is 20.5 Å². The molecule has 1 fully saturated rings. The molecule has 0 amide bonds.